The largest absolute Gasteiger partial charge is 0.451 e. The molecule has 0 radical (unpaired) electrons. The van der Waals surface area contributed by atoms with Crippen molar-refractivity contribution in [3.05, 3.63) is 94.3 Å². The van der Waals surface area contributed by atoms with Crippen LogP contribution < -0.4 is 5.32 Å². The van der Waals surface area contributed by atoms with Crippen molar-refractivity contribution in [2.24, 2.45) is 0 Å². The van der Waals surface area contributed by atoms with Crippen LogP contribution in [0.1, 0.15) is 61.4 Å². The molecule has 2 atom stereocenters. The van der Waals surface area contributed by atoms with Crippen LogP contribution in [0, 0.1) is 17.5 Å². The van der Waals surface area contributed by atoms with Crippen molar-refractivity contribution in [2.75, 3.05) is 6.54 Å². The first kappa shape index (κ1) is 31.8. The highest BCUT2D eigenvalue weighted by Crippen LogP contribution is 2.35. The normalized spacial score (nSPS) is 15.9. The van der Waals surface area contributed by atoms with E-state index in [9.17, 15) is 35.9 Å². The van der Waals surface area contributed by atoms with Gasteiger partial charge in [0, 0.05) is 31.3 Å². The van der Waals surface area contributed by atoms with Gasteiger partial charge in [-0.25, -0.2) is 27.9 Å². The van der Waals surface area contributed by atoms with Crippen LogP contribution in [0.3, 0.4) is 0 Å². The first-order chi connectivity index (χ1) is 20.1. The van der Waals surface area contributed by atoms with Crippen LogP contribution >= 0.6 is 0 Å². The number of nitrogens with zero attached hydrogens (tertiary/aromatic N) is 3. The molecule has 4 rings (SSSR count). The highest BCUT2D eigenvalue weighted by atomic mass is 19.4. The van der Waals surface area contributed by atoms with Crippen LogP contribution in [0.15, 0.2) is 48.7 Å². The molecule has 7 nitrogen and oxygen atoms in total. The molecule has 2 heterocycles. The molecule has 0 saturated heterocycles. The van der Waals surface area contributed by atoms with Gasteiger partial charge < -0.3 is 15.0 Å². The highest BCUT2D eigenvalue weighted by molar-refractivity contribution is 5.79. The van der Waals surface area contributed by atoms with Gasteiger partial charge in [-0.3, -0.25) is 4.79 Å². The number of nitrogens with one attached hydrogen (secondary N) is 1. The molecular formula is C30H30F6N4O3. The Morgan fingerprint density at radius 2 is 1.72 bits per heavy atom. The third-order valence-corrected chi connectivity index (χ3v) is 6.76. The van der Waals surface area contributed by atoms with Gasteiger partial charge in [-0.2, -0.15) is 13.2 Å². The van der Waals surface area contributed by atoms with Crippen molar-refractivity contribution in [3.63, 3.8) is 0 Å². The summed E-state index contributed by atoms with van der Waals surface area (Å²) in [6, 6.07) is 7.77. The lowest BCUT2D eigenvalue weighted by Crippen LogP contribution is -2.47. The van der Waals surface area contributed by atoms with Gasteiger partial charge in [0.2, 0.25) is 11.7 Å². The fourth-order valence-corrected chi connectivity index (χ4v) is 4.89. The molecule has 13 heteroatoms. The van der Waals surface area contributed by atoms with Crippen LogP contribution in [0.2, 0.25) is 0 Å². The SMILES string of the molecule is CC(C)(C)OC(=O)NC(CC(=O)N1CCc2cnc(C(F)(F)F)nc2C1Cc1ccccc1)Cc1cc(F)c(F)cc1F. The topological polar surface area (TPSA) is 84.4 Å². The summed E-state index contributed by atoms with van der Waals surface area (Å²) in [5.41, 5.74) is 0.0381. The van der Waals surface area contributed by atoms with E-state index in [4.69, 9.17) is 4.74 Å². The molecule has 2 amide bonds. The van der Waals surface area contributed by atoms with Crippen LogP contribution in [0.4, 0.5) is 31.1 Å². The lowest BCUT2D eigenvalue weighted by Gasteiger charge is -2.37. The molecule has 2 aromatic carbocycles. The Hall–Kier alpha value is -4.16. The second kappa shape index (κ2) is 12.6. The van der Waals surface area contributed by atoms with E-state index >= 15 is 0 Å². The zero-order chi connectivity index (χ0) is 31.5. The first-order valence-corrected chi connectivity index (χ1v) is 13.5. The summed E-state index contributed by atoms with van der Waals surface area (Å²) >= 11 is 0. The van der Waals surface area contributed by atoms with E-state index in [2.05, 4.69) is 15.3 Å². The number of amides is 2. The summed E-state index contributed by atoms with van der Waals surface area (Å²) in [6.07, 6.45) is -5.17. The summed E-state index contributed by atoms with van der Waals surface area (Å²) in [7, 11) is 0. The number of alkyl carbamates (subject to hydrolysis) is 1. The molecule has 2 unspecified atom stereocenters. The third-order valence-electron chi connectivity index (χ3n) is 6.76. The number of aromatic nitrogens is 2. The lowest BCUT2D eigenvalue weighted by atomic mass is 9.92. The summed E-state index contributed by atoms with van der Waals surface area (Å²) < 4.78 is 87.9. The Bertz CT molecular complexity index is 1480. The average Bonchev–Trinajstić information content (AvgIpc) is 2.90. The summed E-state index contributed by atoms with van der Waals surface area (Å²) in [5.74, 6) is -5.70. The van der Waals surface area contributed by atoms with E-state index in [-0.39, 0.29) is 30.6 Å². The third kappa shape index (κ3) is 8.23. The van der Waals surface area contributed by atoms with E-state index in [1.807, 2.05) is 0 Å². The number of carbonyl (C=O) groups excluding carboxylic acids is 2. The van der Waals surface area contributed by atoms with Crippen LogP contribution in [0.25, 0.3) is 0 Å². The van der Waals surface area contributed by atoms with Gasteiger partial charge >= 0.3 is 12.3 Å². The standard InChI is InChI=1S/C30H30F6N4O3/c1-29(2,3)43-28(42)38-20(12-19-13-22(32)23(33)15-21(19)31)14-25(41)40-10-9-18-16-37-27(30(34,35)36)39-26(18)24(40)11-17-7-5-4-6-8-17/h4-8,13,15-16,20,24H,9-12,14H2,1-3H3,(H,38,42). The fraction of sp³-hybridized carbons (Fsp3) is 0.400. The van der Waals surface area contributed by atoms with Gasteiger partial charge in [0.15, 0.2) is 11.6 Å². The molecule has 0 fully saturated rings. The molecule has 3 aromatic rings. The minimum absolute atomic E-state index is 0.0501. The molecule has 0 bridgehead atoms. The van der Waals surface area contributed by atoms with Crippen molar-refractivity contribution < 1.29 is 40.7 Å². The van der Waals surface area contributed by atoms with Crippen LogP contribution in [-0.2, 0) is 35.0 Å². The van der Waals surface area contributed by atoms with Gasteiger partial charge in [-0.15, -0.1) is 0 Å². The second-order valence-corrected chi connectivity index (χ2v) is 11.3. The number of fused-ring (bicyclic) bond motifs is 1. The maximum atomic E-state index is 14.5. The fourth-order valence-electron chi connectivity index (χ4n) is 4.89. The summed E-state index contributed by atoms with van der Waals surface area (Å²) in [6.45, 7) is 4.94. The van der Waals surface area contributed by atoms with Gasteiger partial charge in [0.1, 0.15) is 11.4 Å². The van der Waals surface area contributed by atoms with E-state index in [0.29, 0.717) is 17.7 Å². The Morgan fingerprint density at radius 3 is 2.37 bits per heavy atom. The maximum Gasteiger partial charge on any atom is 0.451 e. The van der Waals surface area contributed by atoms with Crippen molar-refractivity contribution in [1.82, 2.24) is 20.2 Å². The van der Waals surface area contributed by atoms with Gasteiger partial charge in [-0.1, -0.05) is 30.3 Å². The van der Waals surface area contributed by atoms with Crippen LogP contribution in [0.5, 0.6) is 0 Å². The minimum Gasteiger partial charge on any atom is -0.444 e. The lowest BCUT2D eigenvalue weighted by molar-refractivity contribution is -0.145. The van der Waals surface area contributed by atoms with E-state index < -0.39 is 72.0 Å². The number of rotatable bonds is 7. The Balaban J connectivity index is 1.66. The number of ether oxygens (including phenoxy) is 1. The zero-order valence-corrected chi connectivity index (χ0v) is 23.6. The van der Waals surface area contributed by atoms with E-state index in [0.717, 1.165) is 11.8 Å². The van der Waals surface area contributed by atoms with Crippen molar-refractivity contribution in [1.29, 1.82) is 0 Å². The average molecular weight is 609 g/mol. The predicted molar refractivity (Wildman–Crippen MR) is 143 cm³/mol. The van der Waals surface area contributed by atoms with Crippen molar-refractivity contribution in [2.45, 2.75) is 70.3 Å². The molecule has 1 aliphatic rings. The Kier molecular flexibility index (Phi) is 9.31. The number of hydrogen-bond acceptors (Lipinski definition) is 5. The van der Waals surface area contributed by atoms with Crippen molar-refractivity contribution in [3.8, 4) is 0 Å². The quantitative estimate of drug-likeness (QED) is 0.259. The summed E-state index contributed by atoms with van der Waals surface area (Å²) in [4.78, 5) is 35.1. The van der Waals surface area contributed by atoms with Gasteiger partial charge in [0.05, 0.1) is 11.7 Å². The van der Waals surface area contributed by atoms with Gasteiger partial charge in [0.25, 0.3) is 0 Å². The number of benzene rings is 2. The molecule has 0 saturated carbocycles. The number of hydrogen-bond donors (Lipinski definition) is 1. The molecule has 0 aliphatic carbocycles. The van der Waals surface area contributed by atoms with Crippen LogP contribution in [-0.4, -0.2) is 45.1 Å². The molecule has 43 heavy (non-hydrogen) atoms. The minimum atomic E-state index is -4.81. The highest BCUT2D eigenvalue weighted by Gasteiger charge is 2.39. The first-order valence-electron chi connectivity index (χ1n) is 13.5. The van der Waals surface area contributed by atoms with Gasteiger partial charge in [-0.05, 0) is 62.8 Å². The molecule has 1 aliphatic heterocycles. The number of carbonyl (C=O) groups is 2. The van der Waals surface area contributed by atoms with Crippen molar-refractivity contribution >= 4 is 12.0 Å². The maximum absolute atomic E-state index is 14.5. The molecule has 1 aromatic heterocycles. The molecule has 1 N–H and O–H groups in total. The molecular weight excluding hydrogens is 578 g/mol. The molecule has 230 valence electrons. The predicted octanol–water partition coefficient (Wildman–Crippen LogP) is 6.11. The number of alkyl halides is 3. The molecule has 0 spiro atoms. The van der Waals surface area contributed by atoms with E-state index in [1.54, 1.807) is 51.1 Å². The Morgan fingerprint density at radius 1 is 1.05 bits per heavy atom. The van der Waals surface area contributed by atoms with E-state index in [1.165, 1.54) is 4.90 Å². The zero-order valence-electron chi connectivity index (χ0n) is 23.6. The summed E-state index contributed by atoms with van der Waals surface area (Å²) in [5, 5.41) is 2.50. The smallest absolute Gasteiger partial charge is 0.444 e. The Labute approximate surface area is 244 Å². The number of halogens is 6. The monoisotopic (exact) mass is 608 g/mol. The second-order valence-electron chi connectivity index (χ2n) is 11.3.